The summed E-state index contributed by atoms with van der Waals surface area (Å²) in [6, 6.07) is 1.61. The molecule has 0 saturated heterocycles. The van der Waals surface area contributed by atoms with Gasteiger partial charge in [-0.05, 0) is 6.92 Å². The number of aromatic amines is 1. The maximum atomic E-state index is 11.0. The van der Waals surface area contributed by atoms with Gasteiger partial charge in [-0.3, -0.25) is 10.5 Å². The molecule has 0 radical (unpaired) electrons. The molecule has 0 aromatic carbocycles. The molecule has 0 aliphatic rings. The second kappa shape index (κ2) is 2.13. The first-order valence-electron chi connectivity index (χ1n) is 2.96. The molecule has 54 valence electrons. The summed E-state index contributed by atoms with van der Waals surface area (Å²) in [4.78, 5) is 11.0. The van der Waals surface area contributed by atoms with E-state index in [4.69, 9.17) is 5.73 Å². The van der Waals surface area contributed by atoms with Gasteiger partial charge in [0.1, 0.15) is 0 Å². The summed E-state index contributed by atoms with van der Waals surface area (Å²) >= 11 is 0. The van der Waals surface area contributed by atoms with Crippen LogP contribution in [-0.4, -0.2) is 4.68 Å². The Balaban J connectivity index is 3.46. The van der Waals surface area contributed by atoms with Crippen LogP contribution in [0.4, 0.5) is 5.82 Å². The minimum Gasteiger partial charge on any atom is -0.286 e. The predicted molar refractivity (Wildman–Crippen MR) is 37.4 cm³/mol. The molecule has 0 amide bonds. The molecular formula is C6H10N3O+. The normalized spacial score (nSPS) is 9.80. The molecule has 3 N–H and O–H groups in total. The number of hydrogen-bond acceptors (Lipinski definition) is 2. The molecular weight excluding hydrogens is 130 g/mol. The molecule has 1 rings (SSSR count). The lowest BCUT2D eigenvalue weighted by molar-refractivity contribution is -0.478. The van der Waals surface area contributed by atoms with Gasteiger partial charge in [-0.25, -0.2) is 0 Å². The fraction of sp³-hybridized carbons (Fsp3) is 0.333. The lowest BCUT2D eigenvalue weighted by atomic mass is 10.3. The summed E-state index contributed by atoms with van der Waals surface area (Å²) in [7, 11) is 1.63. The first-order chi connectivity index (χ1) is 4.61. The zero-order valence-electron chi connectivity index (χ0n) is 6.01. The smallest absolute Gasteiger partial charge is 0.286 e. The number of aromatic nitrogens is 2. The van der Waals surface area contributed by atoms with Crippen molar-refractivity contribution in [2.75, 3.05) is 5.73 Å². The Kier molecular flexibility index (Phi) is 1.45. The van der Waals surface area contributed by atoms with Crippen LogP contribution in [0.5, 0.6) is 0 Å². The second-order valence-corrected chi connectivity index (χ2v) is 2.26. The van der Waals surface area contributed by atoms with Crippen molar-refractivity contribution in [3.8, 4) is 0 Å². The first kappa shape index (κ1) is 6.80. The van der Waals surface area contributed by atoms with Crippen molar-refractivity contribution in [2.45, 2.75) is 6.92 Å². The molecule has 1 aromatic rings. The van der Waals surface area contributed by atoms with Gasteiger partial charge in [-0.15, -0.1) is 0 Å². The van der Waals surface area contributed by atoms with E-state index in [0.717, 1.165) is 0 Å². The molecule has 4 heteroatoms. The van der Waals surface area contributed by atoms with E-state index in [-0.39, 0.29) is 5.56 Å². The minimum atomic E-state index is -0.0470. The van der Waals surface area contributed by atoms with Crippen LogP contribution in [0, 0.1) is 6.92 Å². The number of nitrogen functional groups attached to an aromatic ring is 1. The number of hydrogen-bond donors (Lipinski definition) is 1. The van der Waals surface area contributed by atoms with E-state index in [0.29, 0.717) is 11.4 Å². The van der Waals surface area contributed by atoms with Gasteiger partial charge in [-0.2, -0.15) is 9.78 Å². The summed E-state index contributed by atoms with van der Waals surface area (Å²) in [5.74, 6) is 0.500. The Labute approximate surface area is 58.3 Å². The number of nitrogens with zero attached hydrogens (tertiary/aromatic N) is 1. The topological polar surface area (TPSA) is 62.2 Å². The summed E-state index contributed by atoms with van der Waals surface area (Å²) in [6.07, 6.45) is 0. The lowest BCUT2D eigenvalue weighted by Gasteiger charge is -1.94. The van der Waals surface area contributed by atoms with Crippen LogP contribution in [0.1, 0.15) is 5.56 Å². The molecule has 10 heavy (non-hydrogen) atoms. The Hall–Kier alpha value is -1.32. The quantitative estimate of drug-likeness (QED) is 0.507. The Bertz CT molecular complexity index is 276. The highest BCUT2D eigenvalue weighted by atomic mass is 16.1. The predicted octanol–water partition coefficient (Wildman–Crippen LogP) is -0.910. The highest BCUT2D eigenvalue weighted by molar-refractivity contribution is 5.23. The van der Waals surface area contributed by atoms with Crippen LogP contribution >= 0.6 is 0 Å². The van der Waals surface area contributed by atoms with Gasteiger partial charge in [0.15, 0.2) is 0 Å². The van der Waals surface area contributed by atoms with E-state index < -0.39 is 0 Å². The monoisotopic (exact) mass is 140 g/mol. The molecule has 0 fully saturated rings. The Morgan fingerprint density at radius 3 is 2.80 bits per heavy atom. The fourth-order valence-corrected chi connectivity index (χ4v) is 0.836. The summed E-state index contributed by atoms with van der Waals surface area (Å²) in [6.45, 7) is 1.73. The zero-order chi connectivity index (χ0) is 7.72. The third kappa shape index (κ3) is 1.00. The molecule has 1 heterocycles. The number of H-pyrrole nitrogens is 1. The summed E-state index contributed by atoms with van der Waals surface area (Å²) < 4.78 is 1.35. The third-order valence-electron chi connectivity index (χ3n) is 1.31. The average Bonchev–Trinajstić information content (AvgIpc) is 1.82. The molecule has 4 nitrogen and oxygen atoms in total. The highest BCUT2D eigenvalue weighted by Gasteiger charge is 2.00. The van der Waals surface area contributed by atoms with Crippen LogP contribution in [0.3, 0.4) is 0 Å². The molecule has 0 aliphatic heterocycles. The molecule has 0 atom stereocenters. The van der Waals surface area contributed by atoms with Crippen molar-refractivity contribution in [3.63, 3.8) is 0 Å². The largest absolute Gasteiger partial charge is 0.289 e. The zero-order valence-corrected chi connectivity index (χ0v) is 6.01. The van der Waals surface area contributed by atoms with Crippen LogP contribution in [0.25, 0.3) is 0 Å². The van der Waals surface area contributed by atoms with Crippen LogP contribution in [0.15, 0.2) is 10.9 Å². The SMILES string of the molecule is Cc1cc(N)[nH+]n(C)c1=O. The number of rotatable bonds is 0. The molecule has 1 aromatic heterocycles. The van der Waals surface area contributed by atoms with Crippen molar-refractivity contribution < 1.29 is 5.10 Å². The van der Waals surface area contributed by atoms with Crippen molar-refractivity contribution in [1.82, 2.24) is 4.68 Å². The molecule has 0 spiro atoms. The first-order valence-corrected chi connectivity index (χ1v) is 2.96. The number of nitrogens with two attached hydrogens (primary N) is 1. The molecule has 0 saturated carbocycles. The van der Waals surface area contributed by atoms with Gasteiger partial charge >= 0.3 is 0 Å². The lowest BCUT2D eigenvalue weighted by Crippen LogP contribution is -2.35. The van der Waals surface area contributed by atoms with Crippen molar-refractivity contribution in [1.29, 1.82) is 0 Å². The third-order valence-corrected chi connectivity index (χ3v) is 1.31. The number of aryl methyl sites for hydroxylation is 2. The van der Waals surface area contributed by atoms with Gasteiger partial charge in [-0.1, -0.05) is 0 Å². The highest BCUT2D eigenvalue weighted by Crippen LogP contribution is 1.88. The van der Waals surface area contributed by atoms with Gasteiger partial charge in [0, 0.05) is 11.6 Å². The van der Waals surface area contributed by atoms with Crippen molar-refractivity contribution in [3.05, 3.63) is 22.0 Å². The van der Waals surface area contributed by atoms with E-state index in [9.17, 15) is 4.79 Å². The van der Waals surface area contributed by atoms with E-state index >= 15 is 0 Å². The Morgan fingerprint density at radius 2 is 2.30 bits per heavy atom. The fourth-order valence-electron chi connectivity index (χ4n) is 0.836. The molecule has 0 aliphatic carbocycles. The Morgan fingerprint density at radius 1 is 1.70 bits per heavy atom. The van der Waals surface area contributed by atoms with Crippen LogP contribution in [-0.2, 0) is 7.05 Å². The van der Waals surface area contributed by atoms with E-state index in [1.54, 1.807) is 20.0 Å². The maximum Gasteiger partial charge on any atom is 0.289 e. The van der Waals surface area contributed by atoms with E-state index in [2.05, 4.69) is 5.10 Å². The van der Waals surface area contributed by atoms with Gasteiger partial charge < -0.3 is 0 Å². The number of anilines is 1. The maximum absolute atomic E-state index is 11.0. The van der Waals surface area contributed by atoms with Crippen LogP contribution < -0.4 is 16.4 Å². The summed E-state index contributed by atoms with van der Waals surface area (Å²) in [5, 5.41) is 2.66. The average molecular weight is 140 g/mol. The van der Waals surface area contributed by atoms with Gasteiger partial charge in [0.2, 0.25) is 0 Å². The molecule has 0 bridgehead atoms. The van der Waals surface area contributed by atoms with E-state index in [1.165, 1.54) is 4.68 Å². The standard InChI is InChI=1S/C6H9N3O/c1-4-3-5(7)8-9(2)6(4)10/h3H,1-2H3,(H2,7,8)/p+1. The van der Waals surface area contributed by atoms with E-state index in [1.807, 2.05) is 0 Å². The van der Waals surface area contributed by atoms with Crippen molar-refractivity contribution in [2.24, 2.45) is 7.05 Å². The van der Waals surface area contributed by atoms with Crippen molar-refractivity contribution >= 4 is 5.82 Å². The van der Waals surface area contributed by atoms with Gasteiger partial charge in [0.25, 0.3) is 11.4 Å². The van der Waals surface area contributed by atoms with Gasteiger partial charge in [0.05, 0.1) is 7.05 Å². The second-order valence-electron chi connectivity index (χ2n) is 2.26. The molecule has 0 unspecified atom stereocenters. The van der Waals surface area contributed by atoms with Crippen LogP contribution in [0.2, 0.25) is 0 Å². The minimum absolute atomic E-state index is 0.0470. The summed E-state index contributed by atoms with van der Waals surface area (Å²) in [5.41, 5.74) is 6.02. The number of nitrogens with one attached hydrogen (secondary N) is 1.